The average molecular weight is 313 g/mol. The first-order valence-corrected chi connectivity index (χ1v) is 8.48. The fourth-order valence-electron chi connectivity index (χ4n) is 3.60. The lowest BCUT2D eigenvalue weighted by Crippen LogP contribution is -2.42. The van der Waals surface area contributed by atoms with Crippen LogP contribution in [0.4, 0.5) is 0 Å². The maximum atomic E-state index is 12.6. The topological polar surface area (TPSA) is 66.4 Å². The normalized spacial score (nSPS) is 23.7. The molecule has 0 radical (unpaired) electrons. The Labute approximate surface area is 136 Å². The maximum Gasteiger partial charge on any atom is 0.308 e. The molecule has 23 heavy (non-hydrogen) atoms. The van der Waals surface area contributed by atoms with E-state index in [4.69, 9.17) is 0 Å². The third kappa shape index (κ3) is 3.63. The zero-order chi connectivity index (χ0) is 16.2. The van der Waals surface area contributed by atoms with Gasteiger partial charge in [-0.05, 0) is 48.9 Å². The van der Waals surface area contributed by atoms with E-state index in [9.17, 15) is 14.7 Å². The lowest BCUT2D eigenvalue weighted by atomic mass is 9.93. The van der Waals surface area contributed by atoms with Crippen LogP contribution in [0.15, 0.2) is 24.3 Å². The number of carboxylic acid groups (broad SMARTS) is 1. The van der Waals surface area contributed by atoms with Crippen LogP contribution < -0.4 is 5.32 Å². The summed E-state index contributed by atoms with van der Waals surface area (Å²) in [5.74, 6) is -1.42. The Balaban J connectivity index is 1.74. The molecule has 0 bridgehead atoms. The van der Waals surface area contributed by atoms with Crippen LogP contribution in [0, 0.1) is 5.92 Å². The van der Waals surface area contributed by atoms with Crippen LogP contribution in [0.2, 0.25) is 0 Å². The summed E-state index contributed by atoms with van der Waals surface area (Å²) in [4.78, 5) is 24.0. The van der Waals surface area contributed by atoms with E-state index in [2.05, 4.69) is 17.5 Å². The van der Waals surface area contributed by atoms with Crippen molar-refractivity contribution in [2.75, 3.05) is 0 Å². The number of carbonyl (C=O) groups is 2. The molecule has 122 valence electrons. The lowest BCUT2D eigenvalue weighted by Gasteiger charge is -2.23. The quantitative estimate of drug-likeness (QED) is 0.840. The molecule has 1 saturated carbocycles. The van der Waals surface area contributed by atoms with Gasteiger partial charge in [-0.25, -0.2) is 0 Å². The highest BCUT2D eigenvalue weighted by Crippen LogP contribution is 2.25. The largest absolute Gasteiger partial charge is 0.481 e. The van der Waals surface area contributed by atoms with E-state index in [1.54, 1.807) is 0 Å². The molecule has 1 aromatic rings. The van der Waals surface area contributed by atoms with Crippen molar-refractivity contribution in [3.05, 3.63) is 41.0 Å². The highest BCUT2D eigenvalue weighted by molar-refractivity contribution is 5.95. The second kappa shape index (κ2) is 6.99. The number of rotatable bonds is 3. The van der Waals surface area contributed by atoms with E-state index in [-0.39, 0.29) is 11.9 Å². The summed E-state index contributed by atoms with van der Waals surface area (Å²) in [5.41, 5.74) is 2.99. The Morgan fingerprint density at radius 3 is 2.78 bits per heavy atom. The highest BCUT2D eigenvalue weighted by Gasteiger charge is 2.30. The molecular weight excluding hydrogens is 290 g/mol. The molecule has 4 heteroatoms. The number of nitrogens with one attached hydrogen (secondary N) is 1. The molecule has 2 N–H and O–H groups in total. The third-order valence-electron chi connectivity index (χ3n) is 4.93. The van der Waals surface area contributed by atoms with Crippen molar-refractivity contribution in [1.82, 2.24) is 5.32 Å². The minimum Gasteiger partial charge on any atom is -0.481 e. The van der Waals surface area contributed by atoms with Crippen LogP contribution in [-0.2, 0) is 11.2 Å². The molecule has 0 heterocycles. The number of carboxylic acids is 1. The fraction of sp³-hybridized carbons (Fsp3) is 0.474. The number of aryl methyl sites for hydroxylation is 1. The van der Waals surface area contributed by atoms with Crippen LogP contribution in [0.3, 0.4) is 0 Å². The molecule has 3 rings (SSSR count). The zero-order valence-corrected chi connectivity index (χ0v) is 13.3. The summed E-state index contributed by atoms with van der Waals surface area (Å²) >= 11 is 0. The first-order valence-electron chi connectivity index (χ1n) is 8.48. The zero-order valence-electron chi connectivity index (χ0n) is 13.3. The van der Waals surface area contributed by atoms with Crippen molar-refractivity contribution in [1.29, 1.82) is 0 Å². The van der Waals surface area contributed by atoms with Crippen LogP contribution in [0.25, 0.3) is 6.08 Å². The van der Waals surface area contributed by atoms with Gasteiger partial charge in [0, 0.05) is 11.6 Å². The Hall–Kier alpha value is -2.10. The van der Waals surface area contributed by atoms with Gasteiger partial charge < -0.3 is 10.4 Å². The number of hydrogen-bond donors (Lipinski definition) is 2. The Morgan fingerprint density at radius 1 is 1.13 bits per heavy atom. The number of amides is 1. The molecule has 0 spiro atoms. The Bertz CT molecular complexity index is 636. The number of aliphatic carboxylic acids is 1. The molecule has 0 unspecified atom stereocenters. The molecule has 2 aliphatic rings. The van der Waals surface area contributed by atoms with Crippen molar-refractivity contribution in [3.8, 4) is 0 Å². The van der Waals surface area contributed by atoms with Crippen molar-refractivity contribution in [2.24, 2.45) is 5.92 Å². The molecule has 2 aliphatic carbocycles. The van der Waals surface area contributed by atoms with Crippen LogP contribution in [-0.4, -0.2) is 23.0 Å². The van der Waals surface area contributed by atoms with Crippen molar-refractivity contribution < 1.29 is 14.7 Å². The van der Waals surface area contributed by atoms with Gasteiger partial charge >= 0.3 is 5.97 Å². The minimum absolute atomic E-state index is 0.152. The van der Waals surface area contributed by atoms with Gasteiger partial charge in [0.15, 0.2) is 0 Å². The second-order valence-electron chi connectivity index (χ2n) is 6.52. The molecule has 2 atom stereocenters. The van der Waals surface area contributed by atoms with E-state index in [0.717, 1.165) is 38.5 Å². The first kappa shape index (κ1) is 15.8. The van der Waals surface area contributed by atoms with E-state index in [0.29, 0.717) is 12.0 Å². The fourth-order valence-corrected chi connectivity index (χ4v) is 3.60. The van der Waals surface area contributed by atoms with Gasteiger partial charge in [-0.15, -0.1) is 0 Å². The smallest absolute Gasteiger partial charge is 0.308 e. The van der Waals surface area contributed by atoms with Gasteiger partial charge in [0.1, 0.15) is 0 Å². The van der Waals surface area contributed by atoms with Gasteiger partial charge in [-0.3, -0.25) is 9.59 Å². The molecule has 0 saturated heterocycles. The molecule has 0 aliphatic heterocycles. The first-order chi connectivity index (χ1) is 11.1. The van der Waals surface area contributed by atoms with Crippen LogP contribution in [0.1, 0.15) is 60.0 Å². The molecule has 1 fully saturated rings. The summed E-state index contributed by atoms with van der Waals surface area (Å²) in [7, 11) is 0. The lowest BCUT2D eigenvalue weighted by molar-refractivity contribution is -0.142. The number of hydrogen-bond acceptors (Lipinski definition) is 2. The van der Waals surface area contributed by atoms with Gasteiger partial charge in [0.25, 0.3) is 5.91 Å². The van der Waals surface area contributed by atoms with Gasteiger partial charge in [0.2, 0.25) is 0 Å². The second-order valence-corrected chi connectivity index (χ2v) is 6.52. The van der Waals surface area contributed by atoms with Crippen molar-refractivity contribution in [2.45, 2.75) is 51.0 Å². The number of carbonyl (C=O) groups excluding carboxylic acids is 1. The maximum absolute atomic E-state index is 12.6. The SMILES string of the molecule is O=C(N[C@H]1CCCCC[C@H]1C(=O)O)c1ccc2c(c1)CCC=C2. The molecule has 4 nitrogen and oxygen atoms in total. The van der Waals surface area contributed by atoms with Crippen LogP contribution >= 0.6 is 0 Å². The van der Waals surface area contributed by atoms with Gasteiger partial charge in [-0.2, -0.15) is 0 Å². The average Bonchev–Trinajstić information content (AvgIpc) is 2.80. The Kier molecular flexibility index (Phi) is 4.79. The summed E-state index contributed by atoms with van der Waals surface area (Å²) in [6.07, 6.45) is 10.5. The highest BCUT2D eigenvalue weighted by atomic mass is 16.4. The number of allylic oxidation sites excluding steroid dienone is 1. The molecule has 1 amide bonds. The summed E-state index contributed by atoms with van der Waals surface area (Å²) in [6, 6.07) is 5.48. The Morgan fingerprint density at radius 2 is 1.96 bits per heavy atom. The standard InChI is InChI=1S/C19H23NO3/c21-18(15-11-10-13-6-4-5-7-14(13)12-15)20-17-9-3-1-2-8-16(17)19(22)23/h4,6,10-12,16-17H,1-3,5,7-9H2,(H,20,21)(H,22,23)/t16-,17+/m1/s1. The summed E-state index contributed by atoms with van der Waals surface area (Å²) < 4.78 is 0. The number of benzene rings is 1. The predicted molar refractivity (Wildman–Crippen MR) is 89.3 cm³/mol. The van der Waals surface area contributed by atoms with Crippen molar-refractivity contribution >= 4 is 18.0 Å². The number of fused-ring (bicyclic) bond motifs is 1. The van der Waals surface area contributed by atoms with E-state index >= 15 is 0 Å². The van der Waals surface area contributed by atoms with Crippen LogP contribution in [0.5, 0.6) is 0 Å². The molecule has 0 aromatic heterocycles. The molecular formula is C19H23NO3. The summed E-state index contributed by atoms with van der Waals surface area (Å²) in [5, 5.41) is 12.4. The van der Waals surface area contributed by atoms with Crippen molar-refractivity contribution in [3.63, 3.8) is 0 Å². The third-order valence-corrected chi connectivity index (χ3v) is 4.93. The monoisotopic (exact) mass is 313 g/mol. The summed E-state index contributed by atoms with van der Waals surface area (Å²) in [6.45, 7) is 0. The van der Waals surface area contributed by atoms with Gasteiger partial charge in [-0.1, -0.05) is 37.5 Å². The predicted octanol–water partition coefficient (Wildman–Crippen LogP) is 3.41. The van der Waals surface area contributed by atoms with E-state index in [1.807, 2.05) is 18.2 Å². The van der Waals surface area contributed by atoms with E-state index < -0.39 is 11.9 Å². The molecule has 1 aromatic carbocycles. The van der Waals surface area contributed by atoms with Gasteiger partial charge in [0.05, 0.1) is 5.92 Å². The van der Waals surface area contributed by atoms with E-state index in [1.165, 1.54) is 11.1 Å². The minimum atomic E-state index is -0.798.